The van der Waals surface area contributed by atoms with Crippen LogP contribution in [0.3, 0.4) is 0 Å². The van der Waals surface area contributed by atoms with Crippen molar-refractivity contribution in [2.24, 2.45) is 17.8 Å². The van der Waals surface area contributed by atoms with Gasteiger partial charge in [-0.1, -0.05) is 6.92 Å². The fraction of sp³-hybridized carbons (Fsp3) is 0.647. The van der Waals surface area contributed by atoms with Crippen LogP contribution in [0.25, 0.3) is 0 Å². The third-order valence-corrected chi connectivity index (χ3v) is 5.70. The number of benzene rings is 1. The molecule has 3 rings (SSSR count). The van der Waals surface area contributed by atoms with Crippen LogP contribution in [0.1, 0.15) is 50.5 Å². The molecule has 2 fully saturated rings. The molecule has 122 valence electrons. The fourth-order valence-corrected chi connectivity index (χ4v) is 4.30. The molecule has 5 heteroatoms. The van der Waals surface area contributed by atoms with E-state index in [4.69, 9.17) is 0 Å². The zero-order valence-electron chi connectivity index (χ0n) is 12.5. The predicted octanol–water partition coefficient (Wildman–Crippen LogP) is 3.71. The van der Waals surface area contributed by atoms with Crippen molar-refractivity contribution in [3.8, 4) is 0 Å². The van der Waals surface area contributed by atoms with Crippen molar-refractivity contribution in [3.63, 3.8) is 0 Å². The second kappa shape index (κ2) is 5.53. The van der Waals surface area contributed by atoms with Gasteiger partial charge in [0.15, 0.2) is 23.2 Å². The first-order chi connectivity index (χ1) is 10.3. The Morgan fingerprint density at radius 1 is 1.00 bits per heavy atom. The Morgan fingerprint density at radius 3 is 2.27 bits per heavy atom. The van der Waals surface area contributed by atoms with Gasteiger partial charge in [0.25, 0.3) is 0 Å². The molecule has 2 aliphatic rings. The van der Waals surface area contributed by atoms with Crippen LogP contribution in [0, 0.1) is 35.2 Å². The van der Waals surface area contributed by atoms with E-state index in [1.807, 2.05) is 6.92 Å². The second-order valence-corrected chi connectivity index (χ2v) is 6.94. The van der Waals surface area contributed by atoms with Crippen LogP contribution in [-0.2, 0) is 0 Å². The van der Waals surface area contributed by atoms with E-state index in [1.165, 1.54) is 0 Å². The summed E-state index contributed by atoms with van der Waals surface area (Å²) < 4.78 is 39.9. The van der Waals surface area contributed by atoms with Crippen molar-refractivity contribution in [3.05, 3.63) is 35.1 Å². The van der Waals surface area contributed by atoms with E-state index >= 15 is 0 Å². The molecule has 4 atom stereocenters. The molecule has 0 aromatic heterocycles. The number of fused-ring (bicyclic) bond motifs is 1. The van der Waals surface area contributed by atoms with Crippen LogP contribution in [-0.4, -0.2) is 16.0 Å². The molecular weight excluding hydrogens is 293 g/mol. The Balaban J connectivity index is 1.81. The summed E-state index contributed by atoms with van der Waals surface area (Å²) >= 11 is 0. The highest BCUT2D eigenvalue weighted by Crippen LogP contribution is 2.51. The molecule has 0 bridgehead atoms. The van der Waals surface area contributed by atoms with Crippen LogP contribution in [0.5, 0.6) is 0 Å². The highest BCUT2D eigenvalue weighted by atomic mass is 19.2. The molecule has 0 spiro atoms. The molecule has 2 nitrogen and oxygen atoms in total. The molecule has 2 aliphatic carbocycles. The molecule has 0 aliphatic heterocycles. The molecule has 2 saturated carbocycles. The molecule has 0 saturated heterocycles. The van der Waals surface area contributed by atoms with Gasteiger partial charge in [0.2, 0.25) is 0 Å². The third kappa shape index (κ3) is 2.54. The van der Waals surface area contributed by atoms with E-state index in [9.17, 15) is 23.4 Å². The van der Waals surface area contributed by atoms with Crippen molar-refractivity contribution in [1.82, 2.24) is 0 Å². The highest BCUT2D eigenvalue weighted by Gasteiger charge is 2.49. The van der Waals surface area contributed by atoms with Gasteiger partial charge in [0.1, 0.15) is 0 Å². The van der Waals surface area contributed by atoms with Crippen LogP contribution in [0.2, 0.25) is 0 Å². The quantitative estimate of drug-likeness (QED) is 0.613. The Bertz CT molecular complexity index is 550. The summed E-state index contributed by atoms with van der Waals surface area (Å²) in [5.74, 6) is -5.70. The van der Waals surface area contributed by atoms with Crippen molar-refractivity contribution >= 4 is 0 Å². The van der Waals surface area contributed by atoms with E-state index in [-0.39, 0.29) is 23.7 Å². The average Bonchev–Trinajstić information content (AvgIpc) is 2.48. The lowest BCUT2D eigenvalue weighted by Crippen LogP contribution is -2.52. The van der Waals surface area contributed by atoms with E-state index in [0.29, 0.717) is 24.8 Å². The summed E-state index contributed by atoms with van der Waals surface area (Å²) in [5, 5.41) is 20.6. The van der Waals surface area contributed by atoms with Gasteiger partial charge in [-0.05, 0) is 61.6 Å². The zero-order valence-corrected chi connectivity index (χ0v) is 12.5. The van der Waals surface area contributed by atoms with Gasteiger partial charge in [-0.2, -0.15) is 0 Å². The van der Waals surface area contributed by atoms with Crippen molar-refractivity contribution in [1.29, 1.82) is 0 Å². The van der Waals surface area contributed by atoms with E-state index in [2.05, 4.69) is 0 Å². The lowest BCUT2D eigenvalue weighted by atomic mass is 9.61. The van der Waals surface area contributed by atoms with Gasteiger partial charge in [-0.25, -0.2) is 13.2 Å². The summed E-state index contributed by atoms with van der Waals surface area (Å²) in [6.45, 7) is 1.84. The largest absolute Gasteiger partial charge is 0.365 e. The first kappa shape index (κ1) is 15.8. The molecule has 1 aromatic rings. The molecule has 0 heterocycles. The first-order valence-electron chi connectivity index (χ1n) is 7.90. The van der Waals surface area contributed by atoms with Crippen molar-refractivity contribution < 1.29 is 23.4 Å². The molecule has 4 unspecified atom stereocenters. The first-order valence-corrected chi connectivity index (χ1v) is 7.90. The zero-order chi connectivity index (χ0) is 16.1. The van der Waals surface area contributed by atoms with Crippen LogP contribution in [0.4, 0.5) is 13.2 Å². The fourth-order valence-electron chi connectivity index (χ4n) is 4.30. The number of rotatable bonds is 1. The van der Waals surface area contributed by atoms with Crippen LogP contribution in [0.15, 0.2) is 12.1 Å². The van der Waals surface area contributed by atoms with Gasteiger partial charge in [0.05, 0.1) is 0 Å². The lowest BCUT2D eigenvalue weighted by Gasteiger charge is -2.49. The van der Waals surface area contributed by atoms with Gasteiger partial charge in [0, 0.05) is 11.8 Å². The summed E-state index contributed by atoms with van der Waals surface area (Å²) in [4.78, 5) is 0. The molecule has 22 heavy (non-hydrogen) atoms. The predicted molar refractivity (Wildman–Crippen MR) is 75.5 cm³/mol. The minimum Gasteiger partial charge on any atom is -0.365 e. The number of halogens is 3. The Kier molecular flexibility index (Phi) is 3.98. The Morgan fingerprint density at radius 2 is 1.64 bits per heavy atom. The van der Waals surface area contributed by atoms with E-state index in [0.717, 1.165) is 25.0 Å². The summed E-state index contributed by atoms with van der Waals surface area (Å²) in [5.41, 5.74) is 0.468. The van der Waals surface area contributed by atoms with E-state index in [1.54, 1.807) is 0 Å². The summed E-state index contributed by atoms with van der Waals surface area (Å²) in [7, 11) is 0. The van der Waals surface area contributed by atoms with Gasteiger partial charge in [-0.15, -0.1) is 0 Å². The molecule has 2 N–H and O–H groups in total. The monoisotopic (exact) mass is 314 g/mol. The van der Waals surface area contributed by atoms with Crippen LogP contribution < -0.4 is 0 Å². The standard InChI is InChI=1S/C17H21F3O2/c1-9-2-3-11-6-10(4-5-13(11)17(9,21)22)12-7-14(18)16(20)15(19)8-12/h7-11,13,21-22H,2-6H2,1H3. The molecule has 1 aromatic carbocycles. The minimum absolute atomic E-state index is 0.0601. The highest BCUT2D eigenvalue weighted by molar-refractivity contribution is 5.24. The van der Waals surface area contributed by atoms with Crippen molar-refractivity contribution in [2.75, 3.05) is 0 Å². The Labute approximate surface area is 128 Å². The number of aliphatic hydroxyl groups is 2. The topological polar surface area (TPSA) is 40.5 Å². The molecule has 0 amide bonds. The smallest absolute Gasteiger partial charge is 0.194 e. The normalized spacial score (nSPS) is 34.3. The maximum atomic E-state index is 13.4. The van der Waals surface area contributed by atoms with Gasteiger partial charge in [-0.3, -0.25) is 0 Å². The summed E-state index contributed by atoms with van der Waals surface area (Å²) in [6.07, 6.45) is 3.50. The van der Waals surface area contributed by atoms with Gasteiger partial charge >= 0.3 is 0 Å². The second-order valence-electron chi connectivity index (χ2n) is 6.94. The number of hydrogen-bond donors (Lipinski definition) is 2. The molecule has 0 radical (unpaired) electrons. The minimum atomic E-state index is -1.66. The van der Waals surface area contributed by atoms with Gasteiger partial charge < -0.3 is 10.2 Å². The maximum Gasteiger partial charge on any atom is 0.194 e. The molecular formula is C17H21F3O2. The Hall–Kier alpha value is -1.07. The summed E-state index contributed by atoms with van der Waals surface area (Å²) in [6, 6.07) is 2.14. The maximum absolute atomic E-state index is 13.4. The SMILES string of the molecule is CC1CCC2CC(c3cc(F)c(F)c(F)c3)CCC2C1(O)O. The van der Waals surface area contributed by atoms with Crippen molar-refractivity contribution in [2.45, 2.75) is 50.7 Å². The number of hydrogen-bond acceptors (Lipinski definition) is 2. The average molecular weight is 314 g/mol. The van der Waals surface area contributed by atoms with Crippen LogP contribution >= 0.6 is 0 Å². The lowest BCUT2D eigenvalue weighted by molar-refractivity contribution is -0.266. The van der Waals surface area contributed by atoms with E-state index < -0.39 is 23.2 Å². The third-order valence-electron chi connectivity index (χ3n) is 5.70.